The topological polar surface area (TPSA) is 71.8 Å². The summed E-state index contributed by atoms with van der Waals surface area (Å²) in [6.07, 6.45) is 0. The highest BCUT2D eigenvalue weighted by molar-refractivity contribution is 6.06. The maximum absolute atomic E-state index is 13.4. The first-order valence-corrected chi connectivity index (χ1v) is 8.21. The number of nitrogens with one attached hydrogen (secondary N) is 2. The average Bonchev–Trinajstić information content (AvgIpc) is 3.01. The van der Waals surface area contributed by atoms with Gasteiger partial charge in [0.1, 0.15) is 5.82 Å². The second-order valence-corrected chi connectivity index (χ2v) is 6.18. The Labute approximate surface area is 156 Å². The Balaban J connectivity index is 0.00000196. The van der Waals surface area contributed by atoms with Crippen molar-refractivity contribution in [2.24, 2.45) is 0 Å². The van der Waals surface area contributed by atoms with E-state index >= 15 is 0 Å². The molecule has 1 aliphatic heterocycles. The van der Waals surface area contributed by atoms with E-state index in [0.717, 1.165) is 31.0 Å². The molecule has 1 amide bonds. The van der Waals surface area contributed by atoms with Crippen molar-refractivity contribution in [3.05, 3.63) is 58.8 Å². The van der Waals surface area contributed by atoms with Crippen LogP contribution in [0.2, 0.25) is 0 Å². The molecule has 2 aromatic heterocycles. The zero-order valence-electron chi connectivity index (χ0n) is 14.3. The molecule has 0 fully saturated rings. The van der Waals surface area contributed by atoms with E-state index in [0.29, 0.717) is 28.7 Å². The quantitative estimate of drug-likeness (QED) is 0.737. The lowest BCUT2D eigenvalue weighted by molar-refractivity contribution is 0.0952. The number of halogens is 2. The van der Waals surface area contributed by atoms with Gasteiger partial charge in [0.25, 0.3) is 5.91 Å². The number of aryl methyl sites for hydroxylation is 1. The molecule has 0 spiro atoms. The smallest absolute Gasteiger partial charge is 0.252 e. The van der Waals surface area contributed by atoms with Crippen molar-refractivity contribution in [3.63, 3.8) is 0 Å². The first-order valence-electron chi connectivity index (χ1n) is 8.21. The van der Waals surface area contributed by atoms with Crippen LogP contribution in [0.15, 0.2) is 30.3 Å². The summed E-state index contributed by atoms with van der Waals surface area (Å²) in [5, 5.41) is 11.3. The van der Waals surface area contributed by atoms with Crippen molar-refractivity contribution in [2.45, 2.75) is 26.6 Å². The summed E-state index contributed by atoms with van der Waals surface area (Å²) in [6.45, 7) is 4.67. The van der Waals surface area contributed by atoms with Crippen LogP contribution in [-0.4, -0.2) is 27.2 Å². The van der Waals surface area contributed by atoms with Gasteiger partial charge in [-0.25, -0.2) is 4.39 Å². The fourth-order valence-corrected chi connectivity index (χ4v) is 3.13. The second kappa shape index (κ2) is 7.39. The molecule has 1 aromatic carbocycles. The second-order valence-electron chi connectivity index (χ2n) is 6.18. The van der Waals surface area contributed by atoms with Crippen LogP contribution in [0, 0.1) is 12.7 Å². The number of fused-ring (bicyclic) bond motifs is 2. The van der Waals surface area contributed by atoms with E-state index < -0.39 is 0 Å². The Kier molecular flexibility index (Phi) is 5.20. The van der Waals surface area contributed by atoms with Gasteiger partial charge in [-0.05, 0) is 31.2 Å². The molecule has 0 atom stereocenters. The number of aromatic nitrogens is 3. The lowest BCUT2D eigenvalue weighted by Crippen LogP contribution is -2.28. The zero-order valence-corrected chi connectivity index (χ0v) is 15.1. The lowest BCUT2D eigenvalue weighted by atomic mass is 10.1. The molecule has 2 N–H and O–H groups in total. The molecule has 26 heavy (non-hydrogen) atoms. The third-order valence-corrected chi connectivity index (χ3v) is 4.30. The molecule has 0 saturated heterocycles. The number of pyridine rings is 1. The number of benzene rings is 1. The fourth-order valence-electron chi connectivity index (χ4n) is 3.13. The Morgan fingerprint density at radius 2 is 2.19 bits per heavy atom. The van der Waals surface area contributed by atoms with Crippen LogP contribution >= 0.6 is 12.4 Å². The molecule has 0 saturated carbocycles. The van der Waals surface area contributed by atoms with E-state index in [1.54, 1.807) is 19.1 Å². The Bertz CT molecular complexity index is 943. The number of rotatable bonds is 3. The van der Waals surface area contributed by atoms with Crippen LogP contribution in [-0.2, 0) is 19.6 Å². The van der Waals surface area contributed by atoms with Crippen LogP contribution in [0.4, 0.5) is 4.39 Å². The number of hydrogen-bond donors (Lipinski definition) is 2. The molecule has 6 nitrogen and oxygen atoms in total. The van der Waals surface area contributed by atoms with Crippen molar-refractivity contribution in [1.82, 2.24) is 25.4 Å². The molecular weight excluding hydrogens is 357 g/mol. The maximum Gasteiger partial charge on any atom is 0.252 e. The highest BCUT2D eigenvalue weighted by Gasteiger charge is 2.15. The number of amides is 1. The minimum Gasteiger partial charge on any atom is -0.346 e. The SMILES string of the molecule is Cc1cc(C(=O)NCc2cc3n(n2)CCNC3)c2ccc(F)cc2n1.Cl. The van der Waals surface area contributed by atoms with Gasteiger partial charge in [-0.15, -0.1) is 12.4 Å². The maximum atomic E-state index is 13.4. The predicted molar refractivity (Wildman–Crippen MR) is 98.8 cm³/mol. The van der Waals surface area contributed by atoms with Gasteiger partial charge in [-0.1, -0.05) is 0 Å². The van der Waals surface area contributed by atoms with E-state index in [2.05, 4.69) is 20.7 Å². The van der Waals surface area contributed by atoms with Crippen molar-refractivity contribution in [3.8, 4) is 0 Å². The Morgan fingerprint density at radius 1 is 1.35 bits per heavy atom. The molecule has 3 aromatic rings. The van der Waals surface area contributed by atoms with Crippen LogP contribution < -0.4 is 10.6 Å². The Hall–Kier alpha value is -2.51. The summed E-state index contributed by atoms with van der Waals surface area (Å²) in [5.74, 6) is -0.583. The van der Waals surface area contributed by atoms with Crippen molar-refractivity contribution in [1.29, 1.82) is 0 Å². The minimum atomic E-state index is -0.367. The third-order valence-electron chi connectivity index (χ3n) is 4.30. The van der Waals surface area contributed by atoms with Crippen LogP contribution in [0.25, 0.3) is 10.9 Å². The molecule has 0 radical (unpaired) electrons. The van der Waals surface area contributed by atoms with Crippen LogP contribution in [0.3, 0.4) is 0 Å². The van der Waals surface area contributed by atoms with Gasteiger partial charge < -0.3 is 10.6 Å². The lowest BCUT2D eigenvalue weighted by Gasteiger charge is -2.13. The van der Waals surface area contributed by atoms with E-state index in [-0.39, 0.29) is 24.1 Å². The first-order chi connectivity index (χ1) is 12.1. The minimum absolute atomic E-state index is 0. The fraction of sp³-hybridized carbons (Fsp3) is 0.278. The molecule has 1 aliphatic rings. The molecule has 0 unspecified atom stereocenters. The van der Waals surface area contributed by atoms with Gasteiger partial charge in [0.2, 0.25) is 0 Å². The van der Waals surface area contributed by atoms with E-state index in [9.17, 15) is 9.18 Å². The Morgan fingerprint density at radius 3 is 3.00 bits per heavy atom. The van der Waals surface area contributed by atoms with Crippen LogP contribution in [0.5, 0.6) is 0 Å². The van der Waals surface area contributed by atoms with E-state index in [1.807, 2.05) is 10.7 Å². The third kappa shape index (κ3) is 3.54. The van der Waals surface area contributed by atoms with Crippen molar-refractivity contribution >= 4 is 29.2 Å². The number of carbonyl (C=O) groups excluding carboxylic acids is 1. The normalized spacial score (nSPS) is 13.2. The molecule has 0 aliphatic carbocycles. The molecule has 4 rings (SSSR count). The highest BCUT2D eigenvalue weighted by atomic mass is 35.5. The van der Waals surface area contributed by atoms with Gasteiger partial charge in [0, 0.05) is 30.2 Å². The molecule has 3 heterocycles. The van der Waals surface area contributed by atoms with Gasteiger partial charge in [-0.2, -0.15) is 5.10 Å². The van der Waals surface area contributed by atoms with E-state index in [1.165, 1.54) is 12.1 Å². The van der Waals surface area contributed by atoms with E-state index in [4.69, 9.17) is 0 Å². The van der Waals surface area contributed by atoms with Crippen molar-refractivity contribution in [2.75, 3.05) is 6.54 Å². The number of carbonyl (C=O) groups is 1. The van der Waals surface area contributed by atoms with Gasteiger partial charge in [0.05, 0.1) is 35.6 Å². The summed E-state index contributed by atoms with van der Waals surface area (Å²) in [5.41, 5.74) is 3.60. The van der Waals surface area contributed by atoms with Crippen molar-refractivity contribution < 1.29 is 9.18 Å². The van der Waals surface area contributed by atoms with Gasteiger partial charge in [0.15, 0.2) is 0 Å². The molecular formula is C18H19ClFN5O. The molecule has 136 valence electrons. The summed E-state index contributed by atoms with van der Waals surface area (Å²) >= 11 is 0. The number of nitrogens with zero attached hydrogens (tertiary/aromatic N) is 3. The number of hydrogen-bond acceptors (Lipinski definition) is 4. The zero-order chi connectivity index (χ0) is 17.4. The largest absolute Gasteiger partial charge is 0.346 e. The summed E-state index contributed by atoms with van der Waals surface area (Å²) in [6, 6.07) is 7.99. The average molecular weight is 376 g/mol. The van der Waals surface area contributed by atoms with Gasteiger partial charge >= 0.3 is 0 Å². The van der Waals surface area contributed by atoms with Gasteiger partial charge in [-0.3, -0.25) is 14.5 Å². The summed E-state index contributed by atoms with van der Waals surface area (Å²) in [4.78, 5) is 16.9. The highest BCUT2D eigenvalue weighted by Crippen LogP contribution is 2.19. The molecule has 8 heteroatoms. The molecule has 0 bridgehead atoms. The first kappa shape index (κ1) is 18.3. The predicted octanol–water partition coefficient (Wildman–Crippen LogP) is 2.33. The van der Waals surface area contributed by atoms with Crippen LogP contribution in [0.1, 0.15) is 27.4 Å². The summed E-state index contributed by atoms with van der Waals surface area (Å²) < 4.78 is 15.4. The standard InChI is InChI=1S/C18H18FN5O.ClH/c1-11-6-16(15-3-2-12(19)7-17(15)22-11)18(25)21-9-13-8-14-10-20-4-5-24(14)23-13;/h2-3,6-8,20H,4-5,9-10H2,1H3,(H,21,25);1H. The summed E-state index contributed by atoms with van der Waals surface area (Å²) in [7, 11) is 0. The monoisotopic (exact) mass is 375 g/mol.